The number of aliphatic hydroxyl groups excluding tert-OH is 1. The van der Waals surface area contributed by atoms with Crippen molar-refractivity contribution in [2.75, 3.05) is 26.4 Å². The predicted molar refractivity (Wildman–Crippen MR) is 95.7 cm³/mol. The van der Waals surface area contributed by atoms with Crippen LogP contribution in [0.1, 0.15) is 36.8 Å². The van der Waals surface area contributed by atoms with E-state index in [1.165, 1.54) is 0 Å². The zero-order valence-corrected chi connectivity index (χ0v) is 15.2. The Hall–Kier alpha value is -1.59. The van der Waals surface area contributed by atoms with Crippen LogP contribution >= 0.6 is 0 Å². The number of hydrogen-bond acceptors (Lipinski definition) is 4. The maximum Gasteiger partial charge on any atom is 0.226 e. The van der Waals surface area contributed by atoms with Gasteiger partial charge in [-0.15, -0.1) is 0 Å². The number of carbonyl (C=O) groups is 1. The van der Waals surface area contributed by atoms with Crippen molar-refractivity contribution in [2.45, 2.75) is 51.7 Å². The van der Waals surface area contributed by atoms with Gasteiger partial charge < -0.3 is 19.5 Å². The summed E-state index contributed by atoms with van der Waals surface area (Å²) in [6, 6.07) is 6.20. The van der Waals surface area contributed by atoms with Gasteiger partial charge in [0.05, 0.1) is 25.7 Å². The van der Waals surface area contributed by atoms with Crippen molar-refractivity contribution < 1.29 is 19.4 Å². The molecule has 5 heteroatoms. The molecule has 0 saturated carbocycles. The number of benzene rings is 1. The number of amides is 1. The molecule has 0 aromatic heterocycles. The quantitative estimate of drug-likeness (QED) is 0.889. The molecular weight excluding hydrogens is 318 g/mol. The monoisotopic (exact) mass is 347 g/mol. The van der Waals surface area contributed by atoms with Crippen molar-refractivity contribution in [3.8, 4) is 5.75 Å². The third-order valence-electron chi connectivity index (χ3n) is 5.39. The van der Waals surface area contributed by atoms with Crippen LogP contribution in [-0.2, 0) is 9.53 Å². The van der Waals surface area contributed by atoms with Crippen LogP contribution in [0.25, 0.3) is 0 Å². The molecule has 1 aromatic carbocycles. The zero-order chi connectivity index (χ0) is 17.8. The largest absolute Gasteiger partial charge is 0.493 e. The highest BCUT2D eigenvalue weighted by molar-refractivity contribution is 5.77. The number of nitrogens with zero attached hydrogens (tertiary/aromatic N) is 1. The van der Waals surface area contributed by atoms with Crippen LogP contribution < -0.4 is 4.74 Å². The molecule has 1 N–H and O–H groups in total. The maximum absolute atomic E-state index is 12.7. The molecule has 25 heavy (non-hydrogen) atoms. The minimum Gasteiger partial charge on any atom is -0.493 e. The van der Waals surface area contributed by atoms with Crippen LogP contribution in [0.2, 0.25) is 0 Å². The van der Waals surface area contributed by atoms with Crippen LogP contribution in [0.5, 0.6) is 5.75 Å². The third kappa shape index (κ3) is 4.33. The van der Waals surface area contributed by atoms with Gasteiger partial charge in [0.15, 0.2) is 0 Å². The molecule has 0 spiro atoms. The summed E-state index contributed by atoms with van der Waals surface area (Å²) >= 11 is 0. The molecule has 1 aromatic rings. The van der Waals surface area contributed by atoms with Crippen molar-refractivity contribution in [3.63, 3.8) is 0 Å². The average Bonchev–Trinajstić information content (AvgIpc) is 3.08. The molecule has 0 radical (unpaired) electrons. The Morgan fingerprint density at radius 1 is 1.36 bits per heavy atom. The molecule has 2 saturated heterocycles. The SMILES string of the molecule is Cc1ccc(C)c(OCCC(=O)N2CCC[C@@H]2[C@@H]2COCC[C@@H]2O)c1. The Labute approximate surface area is 149 Å². The fourth-order valence-electron chi connectivity index (χ4n) is 3.92. The number of likely N-dealkylation sites (tertiary alicyclic amines) is 1. The van der Waals surface area contributed by atoms with E-state index in [0.29, 0.717) is 32.7 Å². The molecule has 2 aliphatic rings. The molecule has 5 nitrogen and oxygen atoms in total. The number of hydrogen-bond donors (Lipinski definition) is 1. The second-order valence-corrected chi connectivity index (χ2v) is 7.26. The number of ether oxygens (including phenoxy) is 2. The standard InChI is InChI=1S/C20H29NO4/c1-14-5-6-15(2)19(12-14)25-11-8-20(23)21-9-3-4-17(21)16-13-24-10-7-18(16)22/h5-6,12,16-18,22H,3-4,7-11,13H2,1-2H3/t16-,17+,18-/m0/s1. The average molecular weight is 347 g/mol. The molecule has 0 aliphatic carbocycles. The van der Waals surface area contributed by atoms with Crippen molar-refractivity contribution in [3.05, 3.63) is 29.3 Å². The fourth-order valence-corrected chi connectivity index (χ4v) is 3.92. The first kappa shape index (κ1) is 18.2. The van der Waals surface area contributed by atoms with Crippen molar-refractivity contribution in [2.24, 2.45) is 5.92 Å². The van der Waals surface area contributed by atoms with Gasteiger partial charge in [0.25, 0.3) is 0 Å². The summed E-state index contributed by atoms with van der Waals surface area (Å²) < 4.78 is 11.4. The van der Waals surface area contributed by atoms with Crippen molar-refractivity contribution in [1.29, 1.82) is 0 Å². The molecule has 1 amide bonds. The summed E-state index contributed by atoms with van der Waals surface area (Å²) in [5.74, 6) is 1.01. The van der Waals surface area contributed by atoms with E-state index < -0.39 is 0 Å². The Morgan fingerprint density at radius 2 is 2.20 bits per heavy atom. The molecule has 2 fully saturated rings. The molecule has 0 bridgehead atoms. The van der Waals surface area contributed by atoms with E-state index in [2.05, 4.69) is 6.07 Å². The van der Waals surface area contributed by atoms with Gasteiger partial charge in [0, 0.05) is 25.1 Å². The van der Waals surface area contributed by atoms with E-state index >= 15 is 0 Å². The van der Waals surface area contributed by atoms with Gasteiger partial charge in [-0.3, -0.25) is 4.79 Å². The highest BCUT2D eigenvalue weighted by Crippen LogP contribution is 2.30. The lowest BCUT2D eigenvalue weighted by molar-refractivity contribution is -0.136. The number of rotatable bonds is 5. The highest BCUT2D eigenvalue weighted by atomic mass is 16.5. The number of aliphatic hydroxyl groups is 1. The Kier molecular flexibility index (Phi) is 5.97. The van der Waals surface area contributed by atoms with E-state index in [1.807, 2.05) is 30.9 Å². The van der Waals surface area contributed by atoms with Crippen LogP contribution in [0.15, 0.2) is 18.2 Å². The molecule has 3 atom stereocenters. The summed E-state index contributed by atoms with van der Waals surface area (Å²) in [4.78, 5) is 14.6. The lowest BCUT2D eigenvalue weighted by Gasteiger charge is -2.37. The topological polar surface area (TPSA) is 59.0 Å². The van der Waals surface area contributed by atoms with Gasteiger partial charge in [-0.2, -0.15) is 0 Å². The second kappa shape index (κ2) is 8.19. The first-order chi connectivity index (χ1) is 12.1. The predicted octanol–water partition coefficient (Wildman–Crippen LogP) is 2.46. The summed E-state index contributed by atoms with van der Waals surface area (Å²) in [6.07, 6.45) is 2.62. The molecule has 0 unspecified atom stereocenters. The van der Waals surface area contributed by atoms with Gasteiger partial charge in [0.1, 0.15) is 5.75 Å². The molecule has 2 heterocycles. The fraction of sp³-hybridized carbons (Fsp3) is 0.650. The minimum absolute atomic E-state index is 0.0418. The summed E-state index contributed by atoms with van der Waals surface area (Å²) in [5.41, 5.74) is 2.23. The second-order valence-electron chi connectivity index (χ2n) is 7.26. The van der Waals surface area contributed by atoms with Crippen LogP contribution in [-0.4, -0.2) is 54.4 Å². The lowest BCUT2D eigenvalue weighted by atomic mass is 9.89. The van der Waals surface area contributed by atoms with Gasteiger partial charge in [-0.25, -0.2) is 0 Å². The number of carbonyl (C=O) groups excluding carboxylic acids is 1. The van der Waals surface area contributed by atoms with Crippen LogP contribution in [0.4, 0.5) is 0 Å². The first-order valence-corrected chi connectivity index (χ1v) is 9.31. The molecular formula is C20H29NO4. The summed E-state index contributed by atoms with van der Waals surface area (Å²) in [6.45, 7) is 6.37. The van der Waals surface area contributed by atoms with E-state index in [-0.39, 0.29) is 24.0 Å². The minimum atomic E-state index is -0.363. The van der Waals surface area contributed by atoms with Crippen molar-refractivity contribution in [1.82, 2.24) is 4.90 Å². The number of aryl methyl sites for hydroxylation is 2. The van der Waals surface area contributed by atoms with E-state index in [1.54, 1.807) is 0 Å². The summed E-state index contributed by atoms with van der Waals surface area (Å²) in [5, 5.41) is 10.3. The van der Waals surface area contributed by atoms with Gasteiger partial charge >= 0.3 is 0 Å². The van der Waals surface area contributed by atoms with Crippen LogP contribution in [0.3, 0.4) is 0 Å². The smallest absolute Gasteiger partial charge is 0.226 e. The Balaban J connectivity index is 1.54. The van der Waals surface area contributed by atoms with Crippen molar-refractivity contribution >= 4 is 5.91 Å². The Bertz CT molecular complexity index is 603. The zero-order valence-electron chi connectivity index (χ0n) is 15.2. The van der Waals surface area contributed by atoms with Gasteiger partial charge in [0.2, 0.25) is 5.91 Å². The van der Waals surface area contributed by atoms with Gasteiger partial charge in [-0.05, 0) is 50.3 Å². The molecule has 2 aliphatic heterocycles. The lowest BCUT2D eigenvalue weighted by Crippen LogP contribution is -2.48. The normalized spacial score (nSPS) is 26.7. The molecule has 3 rings (SSSR count). The highest BCUT2D eigenvalue weighted by Gasteiger charge is 2.39. The van der Waals surface area contributed by atoms with Crippen LogP contribution in [0, 0.1) is 19.8 Å². The Morgan fingerprint density at radius 3 is 3.00 bits per heavy atom. The van der Waals surface area contributed by atoms with E-state index in [4.69, 9.17) is 9.47 Å². The molecule has 138 valence electrons. The van der Waals surface area contributed by atoms with E-state index in [9.17, 15) is 9.90 Å². The summed E-state index contributed by atoms with van der Waals surface area (Å²) in [7, 11) is 0. The first-order valence-electron chi connectivity index (χ1n) is 9.31. The third-order valence-corrected chi connectivity index (χ3v) is 5.39. The van der Waals surface area contributed by atoms with E-state index in [0.717, 1.165) is 36.3 Å². The van der Waals surface area contributed by atoms with Gasteiger partial charge in [-0.1, -0.05) is 12.1 Å². The maximum atomic E-state index is 12.7.